The molecule has 1 amide bonds. The lowest BCUT2D eigenvalue weighted by Gasteiger charge is -2.23. The number of cyclic esters (lactones) is 1. The first-order valence-electron chi connectivity index (χ1n) is 10.5. The van der Waals surface area contributed by atoms with E-state index in [1.54, 1.807) is 0 Å². The van der Waals surface area contributed by atoms with Gasteiger partial charge in [0.15, 0.2) is 6.23 Å². The van der Waals surface area contributed by atoms with Crippen molar-refractivity contribution >= 4 is 17.0 Å². The highest BCUT2D eigenvalue weighted by atomic mass is 16.5. The zero-order valence-electron chi connectivity index (χ0n) is 16.8. The molecule has 5 rings (SSSR count). The minimum absolute atomic E-state index is 0.0532. The van der Waals surface area contributed by atoms with Crippen molar-refractivity contribution in [3.63, 3.8) is 0 Å². The molecule has 3 aromatic rings. The first kappa shape index (κ1) is 18.9. The van der Waals surface area contributed by atoms with Gasteiger partial charge in [0.25, 0.3) is 0 Å². The van der Waals surface area contributed by atoms with Crippen LogP contribution in [0.5, 0.6) is 5.75 Å². The number of benzene rings is 2. The van der Waals surface area contributed by atoms with Gasteiger partial charge in [0.1, 0.15) is 18.1 Å². The average molecular weight is 407 g/mol. The predicted octanol–water partition coefficient (Wildman–Crippen LogP) is 4.41. The fourth-order valence-electron chi connectivity index (χ4n) is 4.02. The number of nitrogens with zero attached hydrogens (tertiary/aromatic N) is 2. The van der Waals surface area contributed by atoms with Gasteiger partial charge in [-0.15, -0.1) is 0 Å². The second kappa shape index (κ2) is 8.36. The van der Waals surface area contributed by atoms with Crippen molar-refractivity contribution in [2.45, 2.75) is 38.5 Å². The molecule has 1 saturated heterocycles. The van der Waals surface area contributed by atoms with Crippen molar-refractivity contribution in [1.29, 1.82) is 0 Å². The van der Waals surface area contributed by atoms with Gasteiger partial charge in [-0.1, -0.05) is 18.2 Å². The van der Waals surface area contributed by atoms with Crippen LogP contribution in [0.25, 0.3) is 22.2 Å². The van der Waals surface area contributed by atoms with E-state index in [9.17, 15) is 4.79 Å². The molecule has 0 spiro atoms. The molecule has 1 N–H and O–H groups in total. The molecule has 2 aromatic carbocycles. The maximum Gasteiger partial charge on any atom is 0.407 e. The molecule has 4 bridgehead atoms. The number of carbonyl (C=O) groups excluding carboxylic acids is 1. The number of nitrogens with one attached hydrogen (secondary N) is 1. The number of carbonyl (C=O) groups is 1. The first-order chi connectivity index (χ1) is 14.8. The molecule has 1 unspecified atom stereocenters. The van der Waals surface area contributed by atoms with Crippen LogP contribution in [0.4, 0.5) is 4.79 Å². The van der Waals surface area contributed by atoms with E-state index in [1.165, 1.54) is 0 Å². The zero-order valence-corrected chi connectivity index (χ0v) is 16.8. The molecule has 2 aliphatic heterocycles. The summed E-state index contributed by atoms with van der Waals surface area (Å²) in [6.07, 6.45) is 3.41. The topological polar surface area (TPSA) is 74.6 Å². The molecular weight excluding hydrogens is 382 g/mol. The summed E-state index contributed by atoms with van der Waals surface area (Å²) in [7, 11) is 0. The molecule has 7 heteroatoms. The Labute approximate surface area is 174 Å². The quantitative estimate of drug-likeness (QED) is 0.647. The van der Waals surface area contributed by atoms with E-state index in [4.69, 9.17) is 19.3 Å². The highest BCUT2D eigenvalue weighted by Crippen LogP contribution is 2.35. The summed E-state index contributed by atoms with van der Waals surface area (Å²) in [6.45, 7) is 1.99. The Morgan fingerprint density at radius 3 is 2.90 bits per heavy atom. The SMILES string of the molecule is O=C1NCCCOc2ccc3c(c2)c(nn3C2CCCCO2)-c2cccc(c2)CO1. The van der Waals surface area contributed by atoms with Gasteiger partial charge >= 0.3 is 6.09 Å². The van der Waals surface area contributed by atoms with Gasteiger partial charge in [-0.3, -0.25) is 0 Å². The number of amides is 1. The lowest BCUT2D eigenvalue weighted by Crippen LogP contribution is -2.26. The van der Waals surface area contributed by atoms with E-state index >= 15 is 0 Å². The number of hydrogen-bond acceptors (Lipinski definition) is 5. The summed E-state index contributed by atoms with van der Waals surface area (Å²) >= 11 is 0. The number of ether oxygens (including phenoxy) is 3. The predicted molar refractivity (Wildman–Crippen MR) is 112 cm³/mol. The summed E-state index contributed by atoms with van der Waals surface area (Å²) in [6, 6.07) is 14.1. The van der Waals surface area contributed by atoms with Crippen molar-refractivity contribution < 1.29 is 19.0 Å². The van der Waals surface area contributed by atoms with E-state index < -0.39 is 6.09 Å². The third-order valence-corrected chi connectivity index (χ3v) is 5.54. The number of alkyl carbamates (subject to hydrolysis) is 1. The van der Waals surface area contributed by atoms with E-state index in [0.717, 1.165) is 59.3 Å². The molecule has 7 nitrogen and oxygen atoms in total. The Kier molecular flexibility index (Phi) is 5.27. The van der Waals surface area contributed by atoms with E-state index in [2.05, 4.69) is 17.4 Å². The fourth-order valence-corrected chi connectivity index (χ4v) is 4.02. The van der Waals surface area contributed by atoms with Crippen LogP contribution in [0.2, 0.25) is 0 Å². The second-order valence-corrected chi connectivity index (χ2v) is 7.70. The Hall–Kier alpha value is -3.06. The molecule has 1 fully saturated rings. The molecule has 2 aliphatic rings. The van der Waals surface area contributed by atoms with Crippen molar-refractivity contribution in [3.05, 3.63) is 48.0 Å². The molecule has 0 radical (unpaired) electrons. The Bertz CT molecular complexity index is 1060. The fraction of sp³-hybridized carbons (Fsp3) is 0.391. The molecule has 156 valence electrons. The van der Waals surface area contributed by atoms with Crippen LogP contribution in [-0.4, -0.2) is 35.6 Å². The van der Waals surface area contributed by atoms with Crippen molar-refractivity contribution in [1.82, 2.24) is 15.1 Å². The van der Waals surface area contributed by atoms with Crippen LogP contribution < -0.4 is 10.1 Å². The van der Waals surface area contributed by atoms with Gasteiger partial charge < -0.3 is 19.5 Å². The maximum absolute atomic E-state index is 11.9. The number of fused-ring (bicyclic) bond motifs is 4. The van der Waals surface area contributed by atoms with Gasteiger partial charge in [-0.2, -0.15) is 5.10 Å². The monoisotopic (exact) mass is 407 g/mol. The van der Waals surface area contributed by atoms with Gasteiger partial charge in [-0.25, -0.2) is 9.48 Å². The van der Waals surface area contributed by atoms with E-state index in [0.29, 0.717) is 19.6 Å². The van der Waals surface area contributed by atoms with Crippen LogP contribution in [0.15, 0.2) is 42.5 Å². The molecule has 0 aliphatic carbocycles. The van der Waals surface area contributed by atoms with Gasteiger partial charge in [0.2, 0.25) is 0 Å². The largest absolute Gasteiger partial charge is 0.494 e. The maximum atomic E-state index is 11.9. The molecule has 3 heterocycles. The molecule has 0 saturated carbocycles. The van der Waals surface area contributed by atoms with Crippen LogP contribution in [0.1, 0.15) is 37.5 Å². The van der Waals surface area contributed by atoms with Crippen LogP contribution in [0.3, 0.4) is 0 Å². The first-order valence-corrected chi connectivity index (χ1v) is 10.5. The number of rotatable bonds is 1. The normalized spacial score (nSPS) is 20.0. The standard InChI is InChI=1S/C23H25N3O4/c27-23-24-10-4-12-28-18-8-9-20-19(14-18)22(17-6-3-5-16(13-17)15-30-23)25-26(20)21-7-1-2-11-29-21/h3,5-6,8-9,13-14,21H,1-2,4,7,10-12,15H2,(H,24,27). The number of hydrogen-bond donors (Lipinski definition) is 1. The Morgan fingerprint density at radius 2 is 2.00 bits per heavy atom. The van der Waals surface area contributed by atoms with Gasteiger partial charge in [0, 0.05) is 24.1 Å². The minimum Gasteiger partial charge on any atom is -0.494 e. The third-order valence-electron chi connectivity index (χ3n) is 5.54. The average Bonchev–Trinajstić information content (AvgIpc) is 3.17. The van der Waals surface area contributed by atoms with Crippen LogP contribution in [0, 0.1) is 0 Å². The van der Waals surface area contributed by atoms with E-state index in [-0.39, 0.29) is 12.8 Å². The second-order valence-electron chi connectivity index (χ2n) is 7.70. The zero-order chi connectivity index (χ0) is 20.3. The van der Waals surface area contributed by atoms with Crippen LogP contribution in [-0.2, 0) is 16.1 Å². The van der Waals surface area contributed by atoms with E-state index in [1.807, 2.05) is 35.0 Å². The third kappa shape index (κ3) is 3.85. The smallest absolute Gasteiger partial charge is 0.407 e. The van der Waals surface area contributed by atoms with Crippen molar-refractivity contribution in [3.8, 4) is 17.0 Å². The number of aromatic nitrogens is 2. The Morgan fingerprint density at radius 1 is 1.03 bits per heavy atom. The summed E-state index contributed by atoms with van der Waals surface area (Å²) < 4.78 is 19.3. The molecule has 30 heavy (non-hydrogen) atoms. The van der Waals surface area contributed by atoms with Gasteiger partial charge in [-0.05, 0) is 55.5 Å². The summed E-state index contributed by atoms with van der Waals surface area (Å²) in [5, 5.41) is 8.75. The molecule has 1 atom stereocenters. The lowest BCUT2D eigenvalue weighted by atomic mass is 10.0. The molecule has 1 aromatic heterocycles. The summed E-state index contributed by atoms with van der Waals surface area (Å²) in [5.41, 5.74) is 3.81. The highest BCUT2D eigenvalue weighted by Gasteiger charge is 2.22. The van der Waals surface area contributed by atoms with Crippen molar-refractivity contribution in [2.24, 2.45) is 0 Å². The van der Waals surface area contributed by atoms with Crippen molar-refractivity contribution in [2.75, 3.05) is 19.8 Å². The summed E-state index contributed by atoms with van der Waals surface area (Å²) in [4.78, 5) is 11.9. The summed E-state index contributed by atoms with van der Waals surface area (Å²) in [5.74, 6) is 0.793. The van der Waals surface area contributed by atoms with Crippen LogP contribution >= 0.6 is 0 Å². The minimum atomic E-state index is -0.419. The highest BCUT2D eigenvalue weighted by molar-refractivity contribution is 5.94. The van der Waals surface area contributed by atoms with Gasteiger partial charge in [0.05, 0.1) is 12.1 Å². The Balaban J connectivity index is 1.61. The molecular formula is C23H25N3O4. The lowest BCUT2D eigenvalue weighted by molar-refractivity contribution is -0.0365.